The van der Waals surface area contributed by atoms with E-state index in [1.807, 2.05) is 12.1 Å². The predicted molar refractivity (Wildman–Crippen MR) is 71.0 cm³/mol. The zero-order chi connectivity index (χ0) is 13.6. The van der Waals surface area contributed by atoms with E-state index in [0.29, 0.717) is 16.5 Å². The first kappa shape index (κ1) is 11.9. The summed E-state index contributed by atoms with van der Waals surface area (Å²) in [5, 5.41) is 11.0. The molecule has 1 aliphatic rings. The molecule has 2 amide bonds. The van der Waals surface area contributed by atoms with Gasteiger partial charge in [-0.3, -0.25) is 14.5 Å². The molecule has 96 valence electrons. The number of nitrogens with zero attached hydrogens (tertiary/aromatic N) is 1. The van der Waals surface area contributed by atoms with Crippen molar-refractivity contribution >= 4 is 22.6 Å². The van der Waals surface area contributed by atoms with Crippen LogP contribution in [0.3, 0.4) is 0 Å². The van der Waals surface area contributed by atoms with Crippen molar-refractivity contribution in [3.63, 3.8) is 0 Å². The van der Waals surface area contributed by atoms with Crippen LogP contribution >= 0.6 is 0 Å². The van der Waals surface area contributed by atoms with Gasteiger partial charge in [-0.1, -0.05) is 24.3 Å². The van der Waals surface area contributed by atoms with E-state index in [2.05, 4.69) is 0 Å². The summed E-state index contributed by atoms with van der Waals surface area (Å²) in [4.78, 5) is 25.8. The molecule has 4 nitrogen and oxygen atoms in total. The number of carbonyl (C=O) groups is 2. The molecule has 0 aromatic heterocycles. The lowest BCUT2D eigenvalue weighted by molar-refractivity contribution is 0.0520. The van der Waals surface area contributed by atoms with Crippen LogP contribution in [0.25, 0.3) is 10.8 Å². The molecule has 1 N–H and O–H groups in total. The highest BCUT2D eigenvalue weighted by Gasteiger charge is 2.32. The molecule has 0 saturated heterocycles. The van der Waals surface area contributed by atoms with Crippen LogP contribution in [0.1, 0.15) is 27.6 Å². The summed E-state index contributed by atoms with van der Waals surface area (Å²) in [5.74, 6) is -0.676. The molecule has 2 aromatic carbocycles. The Kier molecular flexibility index (Phi) is 2.61. The Morgan fingerprint density at radius 1 is 1.05 bits per heavy atom. The normalized spacial score (nSPS) is 16.0. The number of aliphatic hydroxyl groups excluding tert-OH is 1. The third-order valence-electron chi connectivity index (χ3n) is 3.30. The maximum atomic E-state index is 12.3. The summed E-state index contributed by atoms with van der Waals surface area (Å²) in [7, 11) is 0. The summed E-state index contributed by atoms with van der Waals surface area (Å²) in [6, 6.07) is 10.8. The first-order valence-corrected chi connectivity index (χ1v) is 6.15. The second-order valence-corrected chi connectivity index (χ2v) is 4.78. The van der Waals surface area contributed by atoms with Crippen LogP contribution in [0.4, 0.5) is 0 Å². The number of imide groups is 1. The van der Waals surface area contributed by atoms with E-state index in [9.17, 15) is 14.7 Å². The molecule has 1 heterocycles. The maximum absolute atomic E-state index is 12.3. The highest BCUT2D eigenvalue weighted by molar-refractivity contribution is 6.25. The zero-order valence-corrected chi connectivity index (χ0v) is 10.5. The van der Waals surface area contributed by atoms with Gasteiger partial charge in [-0.25, -0.2) is 0 Å². The molecule has 1 aliphatic heterocycles. The first-order chi connectivity index (χ1) is 9.09. The van der Waals surface area contributed by atoms with Crippen molar-refractivity contribution in [2.45, 2.75) is 13.0 Å². The van der Waals surface area contributed by atoms with Crippen LogP contribution in [0, 0.1) is 0 Å². The molecule has 0 spiro atoms. The summed E-state index contributed by atoms with van der Waals surface area (Å²) >= 11 is 0. The lowest BCUT2D eigenvalue weighted by atomic mass is 9.94. The van der Waals surface area contributed by atoms with Gasteiger partial charge >= 0.3 is 0 Å². The Morgan fingerprint density at radius 3 is 2.05 bits per heavy atom. The molecule has 2 aromatic rings. The fourth-order valence-corrected chi connectivity index (χ4v) is 2.51. The number of β-amino-alcohol motifs (C(OH)–C–C–N with tert-alkyl or cyclic N) is 1. The van der Waals surface area contributed by atoms with Crippen molar-refractivity contribution in [1.29, 1.82) is 0 Å². The topological polar surface area (TPSA) is 57.6 Å². The van der Waals surface area contributed by atoms with E-state index in [4.69, 9.17) is 0 Å². The Hall–Kier alpha value is -2.20. The van der Waals surface area contributed by atoms with E-state index >= 15 is 0 Å². The highest BCUT2D eigenvalue weighted by atomic mass is 16.3. The fourth-order valence-electron chi connectivity index (χ4n) is 2.51. The van der Waals surface area contributed by atoms with Gasteiger partial charge in [0.05, 0.1) is 12.6 Å². The number of hydrogen-bond donors (Lipinski definition) is 1. The van der Waals surface area contributed by atoms with Crippen molar-refractivity contribution in [3.8, 4) is 0 Å². The molecule has 4 heteroatoms. The summed E-state index contributed by atoms with van der Waals surface area (Å²) in [6.07, 6.45) is -0.739. The minimum atomic E-state index is -0.739. The van der Waals surface area contributed by atoms with E-state index in [0.717, 1.165) is 10.3 Å². The quantitative estimate of drug-likeness (QED) is 0.833. The molecule has 0 radical (unpaired) electrons. The van der Waals surface area contributed by atoms with Gasteiger partial charge in [0.25, 0.3) is 11.8 Å². The van der Waals surface area contributed by atoms with Crippen molar-refractivity contribution in [2.75, 3.05) is 6.54 Å². The number of carbonyl (C=O) groups excluding carboxylic acids is 2. The van der Waals surface area contributed by atoms with Crippen LogP contribution in [-0.2, 0) is 0 Å². The molecule has 0 unspecified atom stereocenters. The van der Waals surface area contributed by atoms with Crippen LogP contribution in [0.15, 0.2) is 36.4 Å². The smallest absolute Gasteiger partial charge is 0.261 e. The van der Waals surface area contributed by atoms with Crippen LogP contribution in [0.2, 0.25) is 0 Å². The third kappa shape index (κ3) is 1.72. The number of amides is 2. The third-order valence-corrected chi connectivity index (χ3v) is 3.30. The lowest BCUT2D eigenvalue weighted by Crippen LogP contribution is -2.43. The van der Waals surface area contributed by atoms with Crippen molar-refractivity contribution < 1.29 is 14.7 Å². The van der Waals surface area contributed by atoms with Crippen LogP contribution in [0.5, 0.6) is 0 Å². The Balaban J connectivity index is 2.25. The van der Waals surface area contributed by atoms with Gasteiger partial charge in [0.2, 0.25) is 0 Å². The van der Waals surface area contributed by atoms with Gasteiger partial charge in [-0.05, 0) is 24.4 Å². The molecule has 1 atom stereocenters. The second-order valence-electron chi connectivity index (χ2n) is 4.78. The molecular formula is C15H13NO3. The van der Waals surface area contributed by atoms with Gasteiger partial charge in [-0.2, -0.15) is 0 Å². The van der Waals surface area contributed by atoms with Crippen molar-refractivity contribution in [2.24, 2.45) is 0 Å². The second kappa shape index (κ2) is 4.17. The van der Waals surface area contributed by atoms with E-state index < -0.39 is 6.10 Å². The van der Waals surface area contributed by atoms with Crippen molar-refractivity contribution in [3.05, 3.63) is 47.5 Å². The molecular weight excluding hydrogens is 242 g/mol. The van der Waals surface area contributed by atoms with Gasteiger partial charge in [-0.15, -0.1) is 0 Å². The first-order valence-electron chi connectivity index (χ1n) is 6.15. The number of rotatable bonds is 2. The van der Waals surface area contributed by atoms with Gasteiger partial charge in [0.1, 0.15) is 0 Å². The average Bonchev–Trinajstić information content (AvgIpc) is 2.40. The summed E-state index contributed by atoms with van der Waals surface area (Å²) in [5.41, 5.74) is 1.04. The standard InChI is InChI=1S/C15H13NO3/c1-9(17)8-16-14(18)11-6-2-4-10-5-3-7-12(13(10)11)15(16)19/h2-7,9,17H,8H2,1H3/t9-/m1/s1. The molecule has 0 fully saturated rings. The summed E-state index contributed by atoms with van der Waals surface area (Å²) < 4.78 is 0. The Morgan fingerprint density at radius 2 is 1.58 bits per heavy atom. The highest BCUT2D eigenvalue weighted by Crippen LogP contribution is 2.29. The van der Waals surface area contributed by atoms with Gasteiger partial charge in [0.15, 0.2) is 0 Å². The number of benzene rings is 2. The van der Waals surface area contributed by atoms with E-state index in [1.54, 1.807) is 31.2 Å². The minimum absolute atomic E-state index is 0.0163. The molecule has 19 heavy (non-hydrogen) atoms. The Labute approximate surface area is 110 Å². The summed E-state index contributed by atoms with van der Waals surface area (Å²) in [6.45, 7) is 1.57. The van der Waals surface area contributed by atoms with Crippen LogP contribution < -0.4 is 0 Å². The molecule has 0 saturated carbocycles. The zero-order valence-electron chi connectivity index (χ0n) is 10.5. The Bertz CT molecular complexity index is 640. The predicted octanol–water partition coefficient (Wildman–Crippen LogP) is 1.82. The van der Waals surface area contributed by atoms with Crippen molar-refractivity contribution in [1.82, 2.24) is 4.90 Å². The largest absolute Gasteiger partial charge is 0.392 e. The van der Waals surface area contributed by atoms with E-state index in [1.165, 1.54) is 0 Å². The van der Waals surface area contributed by atoms with E-state index in [-0.39, 0.29) is 18.4 Å². The molecule has 3 rings (SSSR count). The molecule has 0 bridgehead atoms. The average molecular weight is 255 g/mol. The molecule has 0 aliphatic carbocycles. The minimum Gasteiger partial charge on any atom is -0.392 e. The SMILES string of the molecule is C[C@@H](O)CN1C(=O)c2cccc3cccc(c23)C1=O. The van der Waals surface area contributed by atoms with Gasteiger partial charge < -0.3 is 5.11 Å². The van der Waals surface area contributed by atoms with Crippen LogP contribution in [-0.4, -0.2) is 34.5 Å². The van der Waals surface area contributed by atoms with Gasteiger partial charge in [0, 0.05) is 16.5 Å². The number of aliphatic hydroxyl groups is 1. The lowest BCUT2D eigenvalue weighted by Gasteiger charge is -2.27. The fraction of sp³-hybridized carbons (Fsp3) is 0.200. The monoisotopic (exact) mass is 255 g/mol. The number of hydrogen-bond acceptors (Lipinski definition) is 3. The maximum Gasteiger partial charge on any atom is 0.261 e.